The average molecular weight is 210 g/mol. The second-order valence-corrected chi connectivity index (χ2v) is 5.48. The summed E-state index contributed by atoms with van der Waals surface area (Å²) in [5, 5.41) is 0. The third kappa shape index (κ3) is 3.46. The molecule has 1 atom stereocenters. The molecule has 88 valence electrons. The van der Waals surface area contributed by atoms with Crippen molar-refractivity contribution in [2.75, 3.05) is 19.6 Å². The molecule has 0 aromatic carbocycles. The molecule has 2 nitrogen and oxygen atoms in total. The lowest BCUT2D eigenvalue weighted by Crippen LogP contribution is -2.37. The summed E-state index contributed by atoms with van der Waals surface area (Å²) < 4.78 is 0. The maximum Gasteiger partial charge on any atom is 0.00793 e. The predicted molar refractivity (Wildman–Crippen MR) is 64.8 cm³/mol. The Balaban J connectivity index is 1.59. The van der Waals surface area contributed by atoms with E-state index in [1.807, 2.05) is 0 Å². The Morgan fingerprint density at radius 3 is 2.40 bits per heavy atom. The fraction of sp³-hybridized carbons (Fsp3) is 1.00. The molecule has 0 aromatic rings. The zero-order valence-electron chi connectivity index (χ0n) is 10.1. The predicted octanol–water partition coefficient (Wildman–Crippen LogP) is 2.24. The van der Waals surface area contributed by atoms with Crippen molar-refractivity contribution in [3.63, 3.8) is 0 Å². The van der Waals surface area contributed by atoms with Crippen molar-refractivity contribution < 1.29 is 0 Å². The van der Waals surface area contributed by atoms with E-state index in [1.165, 1.54) is 58.2 Å². The largest absolute Gasteiger partial charge is 0.327 e. The fourth-order valence-corrected chi connectivity index (χ4v) is 2.71. The lowest BCUT2D eigenvalue weighted by Gasteiger charge is -2.32. The Morgan fingerprint density at radius 2 is 1.87 bits per heavy atom. The minimum Gasteiger partial charge on any atom is -0.327 e. The molecule has 1 heterocycles. The molecule has 2 aliphatic rings. The van der Waals surface area contributed by atoms with Crippen LogP contribution < -0.4 is 5.73 Å². The highest BCUT2D eigenvalue weighted by atomic mass is 15.1. The Hall–Kier alpha value is -0.0800. The Morgan fingerprint density at radius 1 is 1.20 bits per heavy atom. The van der Waals surface area contributed by atoms with Crippen molar-refractivity contribution in [1.29, 1.82) is 0 Å². The highest BCUT2D eigenvalue weighted by Gasteiger charge is 2.28. The van der Waals surface area contributed by atoms with Gasteiger partial charge in [-0.3, -0.25) is 0 Å². The monoisotopic (exact) mass is 210 g/mol. The molecule has 15 heavy (non-hydrogen) atoms. The smallest absolute Gasteiger partial charge is 0.00793 e. The van der Waals surface area contributed by atoms with Gasteiger partial charge in [-0.1, -0.05) is 13.3 Å². The first kappa shape index (κ1) is 11.4. The molecular formula is C13H26N2. The molecule has 2 N–H and O–H groups in total. The minimum absolute atomic E-state index is 0.494. The summed E-state index contributed by atoms with van der Waals surface area (Å²) in [5.74, 6) is 1.87. The van der Waals surface area contributed by atoms with Gasteiger partial charge in [0, 0.05) is 6.04 Å². The summed E-state index contributed by atoms with van der Waals surface area (Å²) >= 11 is 0. The minimum atomic E-state index is 0.494. The van der Waals surface area contributed by atoms with E-state index in [1.54, 1.807) is 0 Å². The van der Waals surface area contributed by atoms with Gasteiger partial charge in [0.1, 0.15) is 0 Å². The van der Waals surface area contributed by atoms with E-state index in [-0.39, 0.29) is 0 Å². The molecule has 0 aromatic heterocycles. The number of rotatable bonds is 5. The van der Waals surface area contributed by atoms with E-state index in [4.69, 9.17) is 5.73 Å². The van der Waals surface area contributed by atoms with Crippen molar-refractivity contribution in [2.24, 2.45) is 17.6 Å². The standard InChI is InChI=1S/C13H26N2/c1-2-11-5-8-15(9-6-11)10-7-13(14)12-3-4-12/h11-13H,2-10,14H2,1H3. The summed E-state index contributed by atoms with van der Waals surface area (Å²) in [6.45, 7) is 6.20. The van der Waals surface area contributed by atoms with Crippen LogP contribution in [0.4, 0.5) is 0 Å². The molecule has 1 saturated carbocycles. The molecule has 1 unspecified atom stereocenters. The first-order valence-corrected chi connectivity index (χ1v) is 6.77. The molecule has 0 amide bonds. The van der Waals surface area contributed by atoms with E-state index >= 15 is 0 Å². The Kier molecular flexibility index (Phi) is 4.04. The van der Waals surface area contributed by atoms with Crippen molar-refractivity contribution in [2.45, 2.75) is 51.5 Å². The van der Waals surface area contributed by atoms with Gasteiger partial charge in [0.25, 0.3) is 0 Å². The molecule has 0 radical (unpaired) electrons. The van der Waals surface area contributed by atoms with Crippen molar-refractivity contribution in [1.82, 2.24) is 4.90 Å². The van der Waals surface area contributed by atoms with Crippen LogP contribution >= 0.6 is 0 Å². The van der Waals surface area contributed by atoms with Crippen LogP contribution in [-0.2, 0) is 0 Å². The van der Waals surface area contributed by atoms with Gasteiger partial charge in [-0.05, 0) is 63.6 Å². The quantitative estimate of drug-likeness (QED) is 0.754. The number of piperidine rings is 1. The van der Waals surface area contributed by atoms with Crippen LogP contribution in [0.5, 0.6) is 0 Å². The third-order valence-electron chi connectivity index (χ3n) is 4.29. The second kappa shape index (κ2) is 5.31. The summed E-state index contributed by atoms with van der Waals surface area (Å²) in [5.41, 5.74) is 6.12. The third-order valence-corrected chi connectivity index (χ3v) is 4.29. The molecule has 2 fully saturated rings. The van der Waals surface area contributed by atoms with Crippen LogP contribution in [0.3, 0.4) is 0 Å². The summed E-state index contributed by atoms with van der Waals surface area (Å²) in [6, 6.07) is 0.494. The number of hydrogen-bond acceptors (Lipinski definition) is 2. The van der Waals surface area contributed by atoms with Gasteiger partial charge < -0.3 is 10.6 Å². The molecule has 1 aliphatic carbocycles. The Bertz CT molecular complexity index is 181. The first-order chi connectivity index (χ1) is 7.29. The van der Waals surface area contributed by atoms with Crippen molar-refractivity contribution >= 4 is 0 Å². The molecule has 0 bridgehead atoms. The van der Waals surface area contributed by atoms with E-state index in [0.29, 0.717) is 6.04 Å². The van der Waals surface area contributed by atoms with Crippen LogP contribution in [0.15, 0.2) is 0 Å². The van der Waals surface area contributed by atoms with E-state index in [2.05, 4.69) is 11.8 Å². The summed E-state index contributed by atoms with van der Waals surface area (Å²) in [6.07, 6.45) is 8.19. The van der Waals surface area contributed by atoms with E-state index < -0.39 is 0 Å². The summed E-state index contributed by atoms with van der Waals surface area (Å²) in [4.78, 5) is 2.62. The van der Waals surface area contributed by atoms with Crippen molar-refractivity contribution in [3.8, 4) is 0 Å². The zero-order valence-corrected chi connectivity index (χ0v) is 10.1. The van der Waals surface area contributed by atoms with Gasteiger partial charge in [-0.25, -0.2) is 0 Å². The highest BCUT2D eigenvalue weighted by Crippen LogP contribution is 2.33. The molecular weight excluding hydrogens is 184 g/mol. The molecule has 2 heteroatoms. The van der Waals surface area contributed by atoms with Crippen LogP contribution in [0, 0.1) is 11.8 Å². The number of nitrogens with zero attached hydrogens (tertiary/aromatic N) is 1. The maximum atomic E-state index is 6.12. The van der Waals surface area contributed by atoms with Gasteiger partial charge >= 0.3 is 0 Å². The van der Waals surface area contributed by atoms with Crippen LogP contribution in [0.1, 0.15) is 45.4 Å². The van der Waals surface area contributed by atoms with E-state index in [9.17, 15) is 0 Å². The molecule has 2 rings (SSSR count). The second-order valence-electron chi connectivity index (χ2n) is 5.48. The highest BCUT2D eigenvalue weighted by molar-refractivity contribution is 4.84. The Labute approximate surface area is 94.2 Å². The SMILES string of the molecule is CCC1CCN(CCC(N)C2CC2)CC1. The number of likely N-dealkylation sites (tertiary alicyclic amines) is 1. The van der Waals surface area contributed by atoms with Gasteiger partial charge in [0.15, 0.2) is 0 Å². The van der Waals surface area contributed by atoms with Gasteiger partial charge in [0.05, 0.1) is 0 Å². The van der Waals surface area contributed by atoms with Crippen LogP contribution in [0.2, 0.25) is 0 Å². The summed E-state index contributed by atoms with van der Waals surface area (Å²) in [7, 11) is 0. The molecule has 1 saturated heterocycles. The lowest BCUT2D eigenvalue weighted by molar-refractivity contribution is 0.175. The number of hydrogen-bond donors (Lipinski definition) is 1. The zero-order chi connectivity index (χ0) is 10.7. The lowest BCUT2D eigenvalue weighted by atomic mass is 9.94. The van der Waals surface area contributed by atoms with Gasteiger partial charge in [-0.2, -0.15) is 0 Å². The van der Waals surface area contributed by atoms with E-state index in [0.717, 1.165) is 11.8 Å². The van der Waals surface area contributed by atoms with Crippen LogP contribution in [0.25, 0.3) is 0 Å². The number of nitrogens with two attached hydrogens (primary N) is 1. The molecule has 0 spiro atoms. The van der Waals surface area contributed by atoms with Crippen molar-refractivity contribution in [3.05, 3.63) is 0 Å². The molecule has 1 aliphatic heterocycles. The normalized spacial score (nSPS) is 26.8. The topological polar surface area (TPSA) is 29.3 Å². The van der Waals surface area contributed by atoms with Gasteiger partial charge in [0.2, 0.25) is 0 Å². The average Bonchev–Trinajstić information content (AvgIpc) is 3.10. The fourth-order valence-electron chi connectivity index (χ4n) is 2.71. The maximum absolute atomic E-state index is 6.12. The van der Waals surface area contributed by atoms with Crippen LogP contribution in [-0.4, -0.2) is 30.6 Å². The van der Waals surface area contributed by atoms with Gasteiger partial charge in [-0.15, -0.1) is 0 Å². The first-order valence-electron chi connectivity index (χ1n) is 6.77.